The van der Waals surface area contributed by atoms with Crippen LogP contribution >= 0.6 is 11.6 Å². The van der Waals surface area contributed by atoms with Crippen LogP contribution in [0.4, 0.5) is 25.0 Å². The SMILES string of the molecule is CC(Nc1cccc(N2CCOC2=O)c1F)c1cc2cc(Cl)cc(F)c2[nH]c1=O. The third-order valence-corrected chi connectivity index (χ3v) is 4.98. The highest BCUT2D eigenvalue weighted by Crippen LogP contribution is 2.30. The number of anilines is 2. The number of hydrogen-bond acceptors (Lipinski definition) is 4. The van der Waals surface area contributed by atoms with E-state index in [9.17, 15) is 18.4 Å². The minimum absolute atomic E-state index is 0.0519. The van der Waals surface area contributed by atoms with Gasteiger partial charge in [-0.3, -0.25) is 9.69 Å². The van der Waals surface area contributed by atoms with Gasteiger partial charge >= 0.3 is 6.09 Å². The summed E-state index contributed by atoms with van der Waals surface area (Å²) in [5.74, 6) is -1.27. The van der Waals surface area contributed by atoms with Crippen LogP contribution in [0.15, 0.2) is 41.2 Å². The molecule has 6 nitrogen and oxygen atoms in total. The fraction of sp³-hybridized carbons (Fsp3) is 0.200. The number of amides is 1. The van der Waals surface area contributed by atoms with Crippen molar-refractivity contribution in [1.29, 1.82) is 0 Å². The summed E-state index contributed by atoms with van der Waals surface area (Å²) in [6, 6.07) is 8.13. The lowest BCUT2D eigenvalue weighted by Gasteiger charge is -2.19. The Bertz CT molecular complexity index is 1180. The Kier molecular flexibility index (Phi) is 4.87. The van der Waals surface area contributed by atoms with E-state index in [0.29, 0.717) is 5.39 Å². The normalized spacial score (nSPS) is 14.9. The van der Waals surface area contributed by atoms with Crippen molar-refractivity contribution >= 4 is 40.0 Å². The largest absolute Gasteiger partial charge is 0.447 e. The van der Waals surface area contributed by atoms with Crippen molar-refractivity contribution in [3.8, 4) is 0 Å². The zero-order chi connectivity index (χ0) is 20.7. The van der Waals surface area contributed by atoms with E-state index in [1.807, 2.05) is 0 Å². The van der Waals surface area contributed by atoms with Crippen molar-refractivity contribution in [1.82, 2.24) is 4.98 Å². The molecule has 0 aliphatic carbocycles. The van der Waals surface area contributed by atoms with Gasteiger partial charge in [-0.05, 0) is 37.3 Å². The first-order valence-electron chi connectivity index (χ1n) is 8.86. The second-order valence-corrected chi connectivity index (χ2v) is 7.11. The highest BCUT2D eigenvalue weighted by Gasteiger charge is 2.27. The average Bonchev–Trinajstić information content (AvgIpc) is 3.09. The highest BCUT2D eigenvalue weighted by molar-refractivity contribution is 6.31. The fourth-order valence-corrected chi connectivity index (χ4v) is 3.56. The van der Waals surface area contributed by atoms with Gasteiger partial charge in [0.25, 0.3) is 5.56 Å². The van der Waals surface area contributed by atoms with E-state index in [4.69, 9.17) is 16.3 Å². The quantitative estimate of drug-likeness (QED) is 0.648. The molecule has 0 radical (unpaired) electrons. The highest BCUT2D eigenvalue weighted by atomic mass is 35.5. The molecule has 3 aromatic rings. The third-order valence-electron chi connectivity index (χ3n) is 4.77. The lowest BCUT2D eigenvalue weighted by molar-refractivity contribution is 0.181. The van der Waals surface area contributed by atoms with Gasteiger partial charge in [0, 0.05) is 16.0 Å². The number of aromatic nitrogens is 1. The zero-order valence-corrected chi connectivity index (χ0v) is 16.0. The second-order valence-electron chi connectivity index (χ2n) is 6.68. The van der Waals surface area contributed by atoms with Crippen molar-refractivity contribution in [2.45, 2.75) is 13.0 Å². The van der Waals surface area contributed by atoms with Gasteiger partial charge in [0.1, 0.15) is 12.4 Å². The molecule has 29 heavy (non-hydrogen) atoms. The molecule has 1 amide bonds. The predicted octanol–water partition coefficient (Wildman–Crippen LogP) is 4.59. The molecule has 1 unspecified atom stereocenters. The molecular formula is C20H16ClF2N3O3. The molecule has 1 atom stereocenters. The number of benzene rings is 2. The molecule has 9 heteroatoms. The molecule has 0 bridgehead atoms. The molecule has 150 valence electrons. The number of rotatable bonds is 4. The van der Waals surface area contributed by atoms with Crippen LogP contribution in [-0.4, -0.2) is 24.2 Å². The zero-order valence-electron chi connectivity index (χ0n) is 15.3. The van der Waals surface area contributed by atoms with Crippen molar-refractivity contribution in [3.05, 3.63) is 69.0 Å². The maximum absolute atomic E-state index is 15.0. The molecule has 1 fully saturated rings. The molecule has 0 saturated carbocycles. The molecular weight excluding hydrogens is 404 g/mol. The molecule has 1 aliphatic rings. The number of nitrogens with zero attached hydrogens (tertiary/aromatic N) is 1. The van der Waals surface area contributed by atoms with E-state index in [2.05, 4.69) is 10.3 Å². The summed E-state index contributed by atoms with van der Waals surface area (Å²) in [5.41, 5.74) is 0.0384. The summed E-state index contributed by atoms with van der Waals surface area (Å²) in [4.78, 5) is 27.9. The Morgan fingerprint density at radius 1 is 1.24 bits per heavy atom. The number of aromatic amines is 1. The van der Waals surface area contributed by atoms with Crippen LogP contribution in [0.1, 0.15) is 18.5 Å². The van der Waals surface area contributed by atoms with E-state index in [1.165, 1.54) is 29.2 Å². The summed E-state index contributed by atoms with van der Waals surface area (Å²) in [6.07, 6.45) is -0.612. The maximum Gasteiger partial charge on any atom is 0.414 e. The smallest absolute Gasteiger partial charge is 0.414 e. The number of cyclic esters (lactones) is 1. The van der Waals surface area contributed by atoms with Crippen LogP contribution in [0.25, 0.3) is 10.9 Å². The van der Waals surface area contributed by atoms with Gasteiger partial charge in [0.15, 0.2) is 5.82 Å². The Morgan fingerprint density at radius 3 is 2.76 bits per heavy atom. The number of carbonyl (C=O) groups is 1. The maximum atomic E-state index is 15.0. The van der Waals surface area contributed by atoms with Gasteiger partial charge in [-0.15, -0.1) is 0 Å². The third kappa shape index (κ3) is 3.51. The van der Waals surface area contributed by atoms with E-state index in [0.717, 1.165) is 6.07 Å². The fourth-order valence-electron chi connectivity index (χ4n) is 3.34. The minimum atomic E-state index is -0.635. The van der Waals surface area contributed by atoms with E-state index in [-0.39, 0.29) is 40.6 Å². The van der Waals surface area contributed by atoms with Crippen molar-refractivity contribution in [2.24, 2.45) is 0 Å². The summed E-state index contributed by atoms with van der Waals surface area (Å²) in [7, 11) is 0. The number of ether oxygens (including phenoxy) is 1. The topological polar surface area (TPSA) is 74.4 Å². The molecule has 1 aromatic heterocycles. The summed E-state index contributed by atoms with van der Waals surface area (Å²) in [5, 5.41) is 3.56. The monoisotopic (exact) mass is 419 g/mol. The van der Waals surface area contributed by atoms with Gasteiger partial charge in [-0.25, -0.2) is 13.6 Å². The molecule has 0 spiro atoms. The van der Waals surface area contributed by atoms with Crippen LogP contribution < -0.4 is 15.8 Å². The summed E-state index contributed by atoms with van der Waals surface area (Å²) in [6.45, 7) is 2.12. The van der Waals surface area contributed by atoms with Gasteiger partial charge < -0.3 is 15.0 Å². The molecule has 2 N–H and O–H groups in total. The summed E-state index contributed by atoms with van der Waals surface area (Å²) < 4.78 is 33.8. The first kappa shape index (κ1) is 19.2. The van der Waals surface area contributed by atoms with Crippen LogP contribution in [0.5, 0.6) is 0 Å². The van der Waals surface area contributed by atoms with Gasteiger partial charge in [-0.2, -0.15) is 0 Å². The Labute approximate surface area is 169 Å². The number of nitrogens with one attached hydrogen (secondary N) is 2. The van der Waals surface area contributed by atoms with Crippen molar-refractivity contribution < 1.29 is 18.3 Å². The summed E-state index contributed by atoms with van der Waals surface area (Å²) >= 11 is 5.90. The minimum Gasteiger partial charge on any atom is -0.447 e. The van der Waals surface area contributed by atoms with Crippen molar-refractivity contribution in [3.63, 3.8) is 0 Å². The number of halogens is 3. The number of fused-ring (bicyclic) bond motifs is 1. The Balaban J connectivity index is 1.68. The molecule has 2 heterocycles. The van der Waals surface area contributed by atoms with Crippen LogP contribution in [0, 0.1) is 11.6 Å². The van der Waals surface area contributed by atoms with Gasteiger partial charge in [0.2, 0.25) is 0 Å². The van der Waals surface area contributed by atoms with Crippen LogP contribution in [0.2, 0.25) is 5.02 Å². The van der Waals surface area contributed by atoms with E-state index < -0.39 is 29.3 Å². The Hall–Kier alpha value is -3.13. The standard InChI is InChI=1S/C20H16ClF2N3O3/c1-10(13-8-11-7-12(21)9-14(22)18(11)25-19(13)27)24-15-3-2-4-16(17(15)23)26-5-6-29-20(26)28/h2-4,7-10,24H,5-6H2,1H3,(H,25,27). The Morgan fingerprint density at radius 2 is 2.03 bits per heavy atom. The molecule has 1 aliphatic heterocycles. The van der Waals surface area contributed by atoms with E-state index >= 15 is 0 Å². The molecule has 1 saturated heterocycles. The number of pyridine rings is 1. The van der Waals surface area contributed by atoms with Crippen molar-refractivity contribution in [2.75, 3.05) is 23.4 Å². The second kappa shape index (κ2) is 7.36. The van der Waals surface area contributed by atoms with Gasteiger partial charge in [0.05, 0.1) is 29.5 Å². The molecule has 4 rings (SSSR count). The van der Waals surface area contributed by atoms with Gasteiger partial charge in [-0.1, -0.05) is 17.7 Å². The van der Waals surface area contributed by atoms with Crippen LogP contribution in [0.3, 0.4) is 0 Å². The number of H-pyrrole nitrogens is 1. The first-order chi connectivity index (χ1) is 13.8. The van der Waals surface area contributed by atoms with Crippen LogP contribution in [-0.2, 0) is 4.74 Å². The average molecular weight is 420 g/mol. The lowest BCUT2D eigenvalue weighted by atomic mass is 10.1. The lowest BCUT2D eigenvalue weighted by Crippen LogP contribution is -2.25. The number of hydrogen-bond donors (Lipinski definition) is 2. The predicted molar refractivity (Wildman–Crippen MR) is 107 cm³/mol. The number of carbonyl (C=O) groups excluding carboxylic acids is 1. The first-order valence-corrected chi connectivity index (χ1v) is 9.24. The molecule has 2 aromatic carbocycles. The van der Waals surface area contributed by atoms with E-state index in [1.54, 1.807) is 13.0 Å².